The van der Waals surface area contributed by atoms with Gasteiger partial charge in [0, 0.05) is 23.0 Å². The van der Waals surface area contributed by atoms with Crippen molar-refractivity contribution >= 4 is 40.0 Å². The van der Waals surface area contributed by atoms with Crippen molar-refractivity contribution in [3.05, 3.63) is 40.1 Å². The number of rotatable bonds is 2. The van der Waals surface area contributed by atoms with Gasteiger partial charge in [-0.1, -0.05) is 11.8 Å². The molecule has 0 spiro atoms. The summed E-state index contributed by atoms with van der Waals surface area (Å²) in [6.07, 6.45) is 4.78. The molecule has 0 aliphatic rings. The molecule has 1 heterocycles. The SMILES string of the molecule is Nc1cc(I)c(F)cc1Sc1cnccn1. The van der Waals surface area contributed by atoms with Gasteiger partial charge in [0.05, 0.1) is 9.77 Å². The van der Waals surface area contributed by atoms with Crippen molar-refractivity contribution in [3.63, 3.8) is 0 Å². The van der Waals surface area contributed by atoms with Crippen LogP contribution in [0.2, 0.25) is 0 Å². The van der Waals surface area contributed by atoms with Crippen LogP contribution >= 0.6 is 34.4 Å². The van der Waals surface area contributed by atoms with Crippen LogP contribution in [0.4, 0.5) is 10.1 Å². The van der Waals surface area contributed by atoms with Crippen molar-refractivity contribution in [1.82, 2.24) is 9.97 Å². The molecule has 1 aromatic carbocycles. The van der Waals surface area contributed by atoms with Crippen LogP contribution in [0.3, 0.4) is 0 Å². The van der Waals surface area contributed by atoms with E-state index in [0.29, 0.717) is 19.2 Å². The first-order valence-electron chi connectivity index (χ1n) is 4.35. The highest BCUT2D eigenvalue weighted by atomic mass is 127. The van der Waals surface area contributed by atoms with E-state index in [-0.39, 0.29) is 5.82 Å². The molecule has 3 nitrogen and oxygen atoms in total. The smallest absolute Gasteiger partial charge is 0.137 e. The van der Waals surface area contributed by atoms with E-state index in [2.05, 4.69) is 9.97 Å². The van der Waals surface area contributed by atoms with Gasteiger partial charge in [-0.3, -0.25) is 4.98 Å². The van der Waals surface area contributed by atoms with Gasteiger partial charge in [-0.15, -0.1) is 0 Å². The lowest BCUT2D eigenvalue weighted by atomic mass is 10.3. The van der Waals surface area contributed by atoms with Gasteiger partial charge in [-0.05, 0) is 34.7 Å². The molecule has 0 aliphatic heterocycles. The van der Waals surface area contributed by atoms with E-state index in [1.807, 2.05) is 22.6 Å². The van der Waals surface area contributed by atoms with Gasteiger partial charge in [-0.2, -0.15) is 0 Å². The summed E-state index contributed by atoms with van der Waals surface area (Å²) in [6.45, 7) is 0. The molecule has 0 saturated carbocycles. The Hall–Kier alpha value is -0.890. The van der Waals surface area contributed by atoms with E-state index in [4.69, 9.17) is 5.73 Å². The minimum absolute atomic E-state index is 0.277. The highest BCUT2D eigenvalue weighted by molar-refractivity contribution is 14.1. The summed E-state index contributed by atoms with van der Waals surface area (Å²) in [5.41, 5.74) is 6.34. The van der Waals surface area contributed by atoms with Crippen LogP contribution < -0.4 is 5.73 Å². The molecule has 0 saturated heterocycles. The maximum absolute atomic E-state index is 13.3. The van der Waals surface area contributed by atoms with Crippen LogP contribution in [-0.2, 0) is 0 Å². The van der Waals surface area contributed by atoms with Gasteiger partial charge < -0.3 is 5.73 Å². The number of nitrogens with two attached hydrogens (primary N) is 1. The molecule has 16 heavy (non-hydrogen) atoms. The molecule has 82 valence electrons. The Morgan fingerprint density at radius 2 is 2.12 bits per heavy atom. The second kappa shape index (κ2) is 4.96. The molecule has 0 amide bonds. The number of hydrogen-bond acceptors (Lipinski definition) is 4. The lowest BCUT2D eigenvalue weighted by Gasteiger charge is -2.05. The normalized spacial score (nSPS) is 10.4. The molecule has 2 N–H and O–H groups in total. The predicted octanol–water partition coefficient (Wildman–Crippen LogP) is 2.95. The number of aromatic nitrogens is 2. The predicted molar refractivity (Wildman–Crippen MR) is 69.7 cm³/mol. The van der Waals surface area contributed by atoms with E-state index >= 15 is 0 Å². The standard InChI is InChI=1S/C10H7FIN3S/c11-6-3-9(8(13)4-7(6)12)16-10-5-14-1-2-15-10/h1-5H,13H2. The van der Waals surface area contributed by atoms with Crippen molar-refractivity contribution in [1.29, 1.82) is 0 Å². The van der Waals surface area contributed by atoms with Crippen molar-refractivity contribution in [2.24, 2.45) is 0 Å². The third kappa shape index (κ3) is 2.62. The van der Waals surface area contributed by atoms with E-state index in [1.54, 1.807) is 24.7 Å². The minimum Gasteiger partial charge on any atom is -0.398 e. The number of anilines is 1. The summed E-state index contributed by atoms with van der Waals surface area (Å²) in [6, 6.07) is 3.02. The highest BCUT2D eigenvalue weighted by Gasteiger charge is 2.08. The summed E-state index contributed by atoms with van der Waals surface area (Å²) in [5.74, 6) is -0.277. The molecule has 2 rings (SSSR count). The Kier molecular flexibility index (Phi) is 3.59. The summed E-state index contributed by atoms with van der Waals surface area (Å²) in [4.78, 5) is 8.67. The van der Waals surface area contributed by atoms with Crippen LogP contribution in [0, 0.1) is 9.39 Å². The zero-order chi connectivity index (χ0) is 11.5. The fourth-order valence-electron chi connectivity index (χ4n) is 1.08. The van der Waals surface area contributed by atoms with Crippen molar-refractivity contribution < 1.29 is 4.39 Å². The Labute approximate surface area is 110 Å². The molecule has 0 unspecified atom stereocenters. The van der Waals surface area contributed by atoms with E-state index in [1.165, 1.54) is 17.8 Å². The van der Waals surface area contributed by atoms with Crippen LogP contribution in [0.1, 0.15) is 0 Å². The number of halogens is 2. The molecule has 0 fully saturated rings. The number of hydrogen-bond donors (Lipinski definition) is 1. The van der Waals surface area contributed by atoms with E-state index in [0.717, 1.165) is 0 Å². The van der Waals surface area contributed by atoms with Crippen molar-refractivity contribution in [2.45, 2.75) is 9.92 Å². The molecular formula is C10H7FIN3S. The fraction of sp³-hybridized carbons (Fsp3) is 0. The first-order valence-corrected chi connectivity index (χ1v) is 6.25. The molecule has 1 aromatic heterocycles. The first-order chi connectivity index (χ1) is 7.66. The monoisotopic (exact) mass is 347 g/mol. The molecule has 2 aromatic rings. The summed E-state index contributed by atoms with van der Waals surface area (Å²) in [7, 11) is 0. The van der Waals surface area contributed by atoms with Crippen LogP contribution in [0.25, 0.3) is 0 Å². The average molecular weight is 347 g/mol. The number of benzene rings is 1. The quantitative estimate of drug-likeness (QED) is 0.670. The van der Waals surface area contributed by atoms with Crippen LogP contribution in [0.5, 0.6) is 0 Å². The van der Waals surface area contributed by atoms with Gasteiger partial charge in [0.25, 0.3) is 0 Å². The second-order valence-corrected chi connectivity index (χ2v) is 5.17. The third-order valence-corrected chi connectivity index (χ3v) is 3.63. The zero-order valence-corrected chi connectivity index (χ0v) is 11.0. The summed E-state index contributed by atoms with van der Waals surface area (Å²) >= 11 is 3.20. The summed E-state index contributed by atoms with van der Waals surface area (Å²) < 4.78 is 13.9. The third-order valence-electron chi connectivity index (χ3n) is 1.81. The lowest BCUT2D eigenvalue weighted by molar-refractivity contribution is 0.617. The Bertz CT molecular complexity index is 507. The van der Waals surface area contributed by atoms with Gasteiger partial charge in [0.1, 0.15) is 10.8 Å². The maximum Gasteiger partial charge on any atom is 0.137 e. The Balaban J connectivity index is 2.32. The fourth-order valence-corrected chi connectivity index (χ4v) is 2.37. The van der Waals surface area contributed by atoms with Gasteiger partial charge in [0.2, 0.25) is 0 Å². The van der Waals surface area contributed by atoms with Crippen LogP contribution in [-0.4, -0.2) is 9.97 Å². The van der Waals surface area contributed by atoms with Crippen molar-refractivity contribution in [2.75, 3.05) is 5.73 Å². The second-order valence-electron chi connectivity index (χ2n) is 2.95. The molecule has 0 bridgehead atoms. The largest absolute Gasteiger partial charge is 0.398 e. The zero-order valence-electron chi connectivity index (χ0n) is 8.02. The van der Waals surface area contributed by atoms with Gasteiger partial charge in [0.15, 0.2) is 0 Å². The maximum atomic E-state index is 13.3. The van der Waals surface area contributed by atoms with Gasteiger partial charge in [-0.25, -0.2) is 9.37 Å². The van der Waals surface area contributed by atoms with E-state index < -0.39 is 0 Å². The molecular weight excluding hydrogens is 340 g/mol. The number of nitrogens with zero attached hydrogens (tertiary/aromatic N) is 2. The Morgan fingerprint density at radius 3 is 2.81 bits per heavy atom. The highest BCUT2D eigenvalue weighted by Crippen LogP contribution is 2.32. The summed E-state index contributed by atoms with van der Waals surface area (Å²) in [5, 5.41) is 0.690. The van der Waals surface area contributed by atoms with Gasteiger partial charge >= 0.3 is 0 Å². The topological polar surface area (TPSA) is 51.8 Å². The lowest BCUT2D eigenvalue weighted by Crippen LogP contribution is -1.93. The molecule has 0 atom stereocenters. The minimum atomic E-state index is -0.277. The Morgan fingerprint density at radius 1 is 1.31 bits per heavy atom. The van der Waals surface area contributed by atoms with Crippen LogP contribution in [0.15, 0.2) is 40.6 Å². The molecule has 0 radical (unpaired) electrons. The van der Waals surface area contributed by atoms with Crippen molar-refractivity contribution in [3.8, 4) is 0 Å². The first kappa shape index (κ1) is 11.6. The number of nitrogen functional groups attached to an aromatic ring is 1. The molecule has 0 aliphatic carbocycles. The van der Waals surface area contributed by atoms with E-state index in [9.17, 15) is 4.39 Å². The molecule has 6 heteroatoms. The average Bonchev–Trinajstić information content (AvgIpc) is 2.27.